The molecule has 2 heterocycles. The van der Waals surface area contributed by atoms with Crippen LogP contribution in [0.3, 0.4) is 0 Å². The molecule has 1 aromatic carbocycles. The monoisotopic (exact) mass is 349 g/mol. The molecule has 0 spiro atoms. The van der Waals surface area contributed by atoms with Crippen LogP contribution in [0.1, 0.15) is 19.0 Å². The lowest BCUT2D eigenvalue weighted by atomic mass is 10.1. The number of thiazole rings is 1. The van der Waals surface area contributed by atoms with E-state index in [0.29, 0.717) is 5.56 Å². The van der Waals surface area contributed by atoms with Crippen molar-refractivity contribution in [1.29, 1.82) is 0 Å². The van der Waals surface area contributed by atoms with Crippen LogP contribution in [0.15, 0.2) is 29.6 Å². The van der Waals surface area contributed by atoms with Gasteiger partial charge in [-0.1, -0.05) is 19.1 Å². The van der Waals surface area contributed by atoms with Crippen molar-refractivity contribution in [1.82, 2.24) is 14.8 Å². The number of aliphatic hydroxyl groups excluding tert-OH is 1. The van der Waals surface area contributed by atoms with Crippen molar-refractivity contribution in [2.45, 2.75) is 25.9 Å². The summed E-state index contributed by atoms with van der Waals surface area (Å²) < 4.78 is 13.9. The molecule has 1 N–H and O–H groups in total. The summed E-state index contributed by atoms with van der Waals surface area (Å²) in [4.78, 5) is 9.34. The van der Waals surface area contributed by atoms with E-state index in [1.807, 2.05) is 11.4 Å². The summed E-state index contributed by atoms with van der Waals surface area (Å²) in [5, 5.41) is 12.2. The zero-order chi connectivity index (χ0) is 16.9. The molecule has 1 aromatic heterocycles. The molecule has 1 atom stereocenters. The number of hydrogen-bond donors (Lipinski definition) is 1. The van der Waals surface area contributed by atoms with Crippen molar-refractivity contribution in [2.75, 3.05) is 32.8 Å². The zero-order valence-corrected chi connectivity index (χ0v) is 14.8. The van der Waals surface area contributed by atoms with Crippen molar-refractivity contribution < 1.29 is 9.50 Å². The molecule has 2 aromatic rings. The maximum atomic E-state index is 13.9. The van der Waals surface area contributed by atoms with Gasteiger partial charge < -0.3 is 5.11 Å². The van der Waals surface area contributed by atoms with Crippen LogP contribution in [-0.4, -0.2) is 58.7 Å². The van der Waals surface area contributed by atoms with Gasteiger partial charge in [-0.15, -0.1) is 11.3 Å². The maximum Gasteiger partial charge on any atom is 0.133 e. The minimum Gasteiger partial charge on any atom is -0.395 e. The van der Waals surface area contributed by atoms with Gasteiger partial charge in [0.2, 0.25) is 0 Å². The average Bonchev–Trinajstić information content (AvgIpc) is 3.06. The molecule has 0 bridgehead atoms. The predicted octanol–water partition coefficient (Wildman–Crippen LogP) is 2.84. The first kappa shape index (κ1) is 17.5. The molecule has 0 saturated carbocycles. The Hall–Kier alpha value is -1.34. The second-order valence-electron chi connectivity index (χ2n) is 6.18. The van der Waals surface area contributed by atoms with Crippen LogP contribution in [-0.2, 0) is 6.54 Å². The Balaban J connectivity index is 1.58. The van der Waals surface area contributed by atoms with E-state index in [-0.39, 0.29) is 18.5 Å². The third-order valence-electron chi connectivity index (χ3n) is 4.65. The van der Waals surface area contributed by atoms with E-state index in [2.05, 4.69) is 21.7 Å². The second-order valence-corrected chi connectivity index (χ2v) is 7.04. The number of rotatable bonds is 6. The van der Waals surface area contributed by atoms with Gasteiger partial charge in [-0.05, 0) is 18.6 Å². The highest BCUT2D eigenvalue weighted by Gasteiger charge is 2.22. The van der Waals surface area contributed by atoms with Crippen molar-refractivity contribution >= 4 is 11.3 Å². The highest BCUT2D eigenvalue weighted by molar-refractivity contribution is 7.13. The quantitative estimate of drug-likeness (QED) is 0.870. The summed E-state index contributed by atoms with van der Waals surface area (Å²) in [5.41, 5.74) is 1.58. The number of benzene rings is 1. The molecular weight excluding hydrogens is 325 g/mol. The minimum absolute atomic E-state index is 0.221. The molecule has 1 unspecified atom stereocenters. The van der Waals surface area contributed by atoms with Gasteiger partial charge in [0.15, 0.2) is 0 Å². The van der Waals surface area contributed by atoms with Crippen LogP contribution in [0.2, 0.25) is 0 Å². The SMILES string of the molecule is CCC(CO)N1CCN(Cc2csc(-c3ccccc3F)n2)CC1. The van der Waals surface area contributed by atoms with Crippen LogP contribution in [0, 0.1) is 5.82 Å². The van der Waals surface area contributed by atoms with E-state index in [0.717, 1.165) is 49.8 Å². The minimum atomic E-state index is -0.221. The van der Waals surface area contributed by atoms with Crippen molar-refractivity contribution in [3.63, 3.8) is 0 Å². The second kappa shape index (κ2) is 8.16. The van der Waals surface area contributed by atoms with Gasteiger partial charge in [-0.2, -0.15) is 0 Å². The van der Waals surface area contributed by atoms with E-state index in [4.69, 9.17) is 0 Å². The number of halogens is 1. The Morgan fingerprint density at radius 2 is 2.00 bits per heavy atom. The summed E-state index contributed by atoms with van der Waals surface area (Å²) in [6.07, 6.45) is 0.981. The molecule has 1 saturated heterocycles. The Morgan fingerprint density at radius 3 is 2.67 bits per heavy atom. The van der Waals surface area contributed by atoms with E-state index in [1.165, 1.54) is 17.4 Å². The normalized spacial score (nSPS) is 18.0. The van der Waals surface area contributed by atoms with Gasteiger partial charge in [0.05, 0.1) is 12.3 Å². The number of piperazine rings is 1. The van der Waals surface area contributed by atoms with E-state index in [9.17, 15) is 9.50 Å². The number of nitrogens with zero attached hydrogens (tertiary/aromatic N) is 3. The van der Waals surface area contributed by atoms with Crippen molar-refractivity contribution in [3.8, 4) is 10.6 Å². The lowest BCUT2D eigenvalue weighted by Gasteiger charge is -2.38. The van der Waals surface area contributed by atoms with Crippen LogP contribution < -0.4 is 0 Å². The van der Waals surface area contributed by atoms with E-state index >= 15 is 0 Å². The number of aliphatic hydroxyl groups is 1. The van der Waals surface area contributed by atoms with E-state index < -0.39 is 0 Å². The fourth-order valence-electron chi connectivity index (χ4n) is 3.16. The average molecular weight is 349 g/mol. The predicted molar refractivity (Wildman–Crippen MR) is 95.5 cm³/mol. The van der Waals surface area contributed by atoms with Gasteiger partial charge >= 0.3 is 0 Å². The van der Waals surface area contributed by atoms with Crippen molar-refractivity contribution in [3.05, 3.63) is 41.2 Å². The summed E-state index contributed by atoms with van der Waals surface area (Å²) in [7, 11) is 0. The van der Waals surface area contributed by atoms with Gasteiger partial charge in [0, 0.05) is 49.7 Å². The number of aromatic nitrogens is 1. The maximum absolute atomic E-state index is 13.9. The molecule has 130 valence electrons. The molecule has 24 heavy (non-hydrogen) atoms. The van der Waals surface area contributed by atoms with Crippen molar-refractivity contribution in [2.24, 2.45) is 0 Å². The molecule has 1 aliphatic heterocycles. The molecule has 1 aliphatic rings. The van der Waals surface area contributed by atoms with Crippen LogP contribution in [0.4, 0.5) is 4.39 Å². The Morgan fingerprint density at radius 1 is 1.25 bits per heavy atom. The summed E-state index contributed by atoms with van der Waals surface area (Å²) >= 11 is 1.50. The molecule has 6 heteroatoms. The Bertz CT molecular complexity index is 651. The van der Waals surface area contributed by atoms with Gasteiger partial charge in [-0.3, -0.25) is 9.80 Å². The number of hydrogen-bond acceptors (Lipinski definition) is 5. The molecule has 3 rings (SSSR count). The molecular formula is C18H24FN3OS. The van der Waals surface area contributed by atoms with Crippen LogP contribution in [0.5, 0.6) is 0 Å². The zero-order valence-electron chi connectivity index (χ0n) is 14.0. The lowest BCUT2D eigenvalue weighted by molar-refractivity contribution is 0.0604. The Labute approximate surface area is 146 Å². The summed E-state index contributed by atoms with van der Waals surface area (Å²) in [6, 6.07) is 7.06. The largest absolute Gasteiger partial charge is 0.395 e. The molecule has 0 amide bonds. The Kier molecular flexibility index (Phi) is 5.94. The van der Waals surface area contributed by atoms with E-state index in [1.54, 1.807) is 12.1 Å². The van der Waals surface area contributed by atoms with Crippen LogP contribution in [0.25, 0.3) is 10.6 Å². The topological polar surface area (TPSA) is 39.6 Å². The summed E-state index contributed by atoms with van der Waals surface area (Å²) in [5.74, 6) is -0.221. The lowest BCUT2D eigenvalue weighted by Crippen LogP contribution is -2.50. The third kappa shape index (κ3) is 4.00. The van der Waals surface area contributed by atoms with Crippen LogP contribution >= 0.6 is 11.3 Å². The first-order valence-electron chi connectivity index (χ1n) is 8.47. The third-order valence-corrected chi connectivity index (χ3v) is 5.57. The molecule has 0 aliphatic carbocycles. The molecule has 1 fully saturated rings. The first-order chi connectivity index (χ1) is 11.7. The molecule has 4 nitrogen and oxygen atoms in total. The fraction of sp³-hybridized carbons (Fsp3) is 0.500. The smallest absolute Gasteiger partial charge is 0.133 e. The highest BCUT2D eigenvalue weighted by Crippen LogP contribution is 2.26. The molecule has 0 radical (unpaired) electrons. The highest BCUT2D eigenvalue weighted by atomic mass is 32.1. The summed E-state index contributed by atoms with van der Waals surface area (Å²) in [6.45, 7) is 7.05. The first-order valence-corrected chi connectivity index (χ1v) is 9.35. The van der Waals surface area contributed by atoms with Gasteiger partial charge in [0.1, 0.15) is 10.8 Å². The van der Waals surface area contributed by atoms with Gasteiger partial charge in [0.25, 0.3) is 0 Å². The van der Waals surface area contributed by atoms with Gasteiger partial charge in [-0.25, -0.2) is 9.37 Å². The fourth-order valence-corrected chi connectivity index (χ4v) is 3.99. The standard InChI is InChI=1S/C18H24FN3OS/c1-2-15(12-23)22-9-7-21(8-10-22)11-14-13-24-18(20-14)16-5-3-4-6-17(16)19/h3-6,13,15,23H,2,7-12H2,1H3.